The number of thioether (sulfide) groups is 1. The third-order valence-corrected chi connectivity index (χ3v) is 12.0. The average molecular weight is 550 g/mol. The fourth-order valence-corrected chi connectivity index (χ4v) is 10.7. The lowest BCUT2D eigenvalue weighted by Gasteiger charge is -2.23. The number of benzene rings is 1. The summed E-state index contributed by atoms with van der Waals surface area (Å²) < 4.78 is 15.3. The summed E-state index contributed by atoms with van der Waals surface area (Å²) in [5.74, 6) is -0.0880. The smallest absolute Gasteiger partial charge is 0.268 e. The SMILES string of the molecule is CCN1C=C(C2Nc3ccccc3N2C)S(=O)C1=S1C=C(O)N(CC)C1=C1SC(=S)N(CC)C1=O. The first-order valence-corrected chi connectivity index (χ1v) is 15.0. The first kappa shape index (κ1) is 24.4. The predicted octanol–water partition coefficient (Wildman–Crippen LogP) is 3.90. The van der Waals surface area contributed by atoms with Crippen LogP contribution in [0.15, 0.2) is 56.6 Å². The van der Waals surface area contributed by atoms with Crippen molar-refractivity contribution in [2.45, 2.75) is 26.9 Å². The van der Waals surface area contributed by atoms with Crippen molar-refractivity contribution < 1.29 is 14.1 Å². The summed E-state index contributed by atoms with van der Waals surface area (Å²) in [6.07, 6.45) is 1.69. The third kappa shape index (κ3) is 3.73. The fraction of sp³-hybridized carbons (Fsp3) is 0.348. The topological polar surface area (TPSA) is 79.4 Å². The predicted molar refractivity (Wildman–Crippen MR) is 151 cm³/mol. The minimum atomic E-state index is -1.47. The Kier molecular flexibility index (Phi) is 6.49. The quantitative estimate of drug-likeness (QED) is 0.429. The number of nitrogens with zero attached hydrogens (tertiary/aromatic N) is 4. The minimum Gasteiger partial charge on any atom is -0.494 e. The van der Waals surface area contributed by atoms with Crippen LogP contribution in [-0.2, 0) is 15.6 Å². The van der Waals surface area contributed by atoms with Gasteiger partial charge in [-0.15, -0.1) is 0 Å². The largest absolute Gasteiger partial charge is 0.494 e. The number of nitrogens with one attached hydrogen (secondary N) is 1. The van der Waals surface area contributed by atoms with Crippen LogP contribution in [0, 0.1) is 0 Å². The van der Waals surface area contributed by atoms with Crippen LogP contribution in [0.1, 0.15) is 20.8 Å². The zero-order valence-electron chi connectivity index (χ0n) is 19.8. The van der Waals surface area contributed by atoms with E-state index in [1.807, 2.05) is 63.2 Å². The number of likely N-dealkylation sites (N-methyl/N-ethyl adjacent to an activating group) is 2. The maximum absolute atomic E-state index is 14.1. The molecule has 0 saturated carbocycles. The number of rotatable bonds is 4. The number of thiocarbonyl (C=S) groups is 1. The number of aliphatic hydroxyl groups excluding tert-OH is 1. The van der Waals surface area contributed by atoms with Crippen LogP contribution in [0.4, 0.5) is 11.4 Å². The Bertz CT molecular complexity index is 1290. The van der Waals surface area contributed by atoms with Crippen molar-refractivity contribution in [2.75, 3.05) is 36.9 Å². The Morgan fingerprint density at radius 3 is 2.49 bits per heavy atom. The zero-order chi connectivity index (χ0) is 25.0. The molecule has 2 N–H and O–H groups in total. The molecule has 8 nitrogen and oxygen atoms in total. The summed E-state index contributed by atoms with van der Waals surface area (Å²) in [7, 11) is -0.362. The number of anilines is 2. The highest BCUT2D eigenvalue weighted by molar-refractivity contribution is 8.34. The van der Waals surface area contributed by atoms with Crippen LogP contribution < -0.4 is 10.2 Å². The molecule has 35 heavy (non-hydrogen) atoms. The Morgan fingerprint density at radius 1 is 1.14 bits per heavy atom. The Morgan fingerprint density at radius 2 is 1.86 bits per heavy atom. The molecule has 0 spiro atoms. The van der Waals surface area contributed by atoms with E-state index in [1.165, 1.54) is 11.8 Å². The van der Waals surface area contributed by atoms with E-state index in [-0.39, 0.29) is 18.0 Å². The van der Waals surface area contributed by atoms with Gasteiger partial charge < -0.3 is 25.1 Å². The second-order valence-electron chi connectivity index (χ2n) is 8.14. The van der Waals surface area contributed by atoms with Gasteiger partial charge >= 0.3 is 0 Å². The number of carbonyl (C=O) groups is 1. The van der Waals surface area contributed by atoms with Crippen molar-refractivity contribution in [3.63, 3.8) is 0 Å². The molecule has 0 aromatic heterocycles. The second kappa shape index (κ2) is 9.30. The molecule has 1 saturated heterocycles. The zero-order valence-corrected chi connectivity index (χ0v) is 23.1. The maximum atomic E-state index is 14.1. The van der Waals surface area contributed by atoms with Gasteiger partial charge in [0.25, 0.3) is 5.91 Å². The molecule has 4 aliphatic heterocycles. The van der Waals surface area contributed by atoms with E-state index in [4.69, 9.17) is 12.2 Å². The van der Waals surface area contributed by atoms with E-state index in [0.717, 1.165) is 16.3 Å². The summed E-state index contributed by atoms with van der Waals surface area (Å²) >= 11 is 6.71. The molecule has 3 atom stereocenters. The summed E-state index contributed by atoms with van der Waals surface area (Å²) in [6, 6.07) is 8.01. The van der Waals surface area contributed by atoms with E-state index in [2.05, 4.69) is 10.2 Å². The molecular weight excluding hydrogens is 523 g/mol. The number of para-hydroxylation sites is 2. The lowest BCUT2D eigenvalue weighted by molar-refractivity contribution is -0.122. The van der Waals surface area contributed by atoms with Gasteiger partial charge in [0.15, 0.2) is 5.88 Å². The maximum Gasteiger partial charge on any atom is 0.268 e. The molecular formula is C23H27N5O3S4. The second-order valence-corrected chi connectivity index (χ2v) is 13.1. The van der Waals surface area contributed by atoms with E-state index in [1.54, 1.807) is 15.2 Å². The molecule has 0 radical (unpaired) electrons. The van der Waals surface area contributed by atoms with Crippen molar-refractivity contribution in [2.24, 2.45) is 0 Å². The van der Waals surface area contributed by atoms with Crippen molar-refractivity contribution in [3.8, 4) is 0 Å². The molecule has 1 aromatic rings. The number of fused-ring (bicyclic) bond motifs is 1. The summed E-state index contributed by atoms with van der Waals surface area (Å²) in [6.45, 7) is 7.39. The molecule has 5 rings (SSSR count). The first-order chi connectivity index (χ1) is 16.8. The lowest BCUT2D eigenvalue weighted by Crippen LogP contribution is -2.35. The average Bonchev–Trinajstić information content (AvgIpc) is 3.54. The van der Waals surface area contributed by atoms with E-state index < -0.39 is 21.3 Å². The summed E-state index contributed by atoms with van der Waals surface area (Å²) in [4.78, 5) is 21.9. The van der Waals surface area contributed by atoms with Gasteiger partial charge in [-0.25, -0.2) is 4.21 Å². The third-order valence-electron chi connectivity index (χ3n) is 6.28. The van der Waals surface area contributed by atoms with Crippen LogP contribution in [-0.4, -0.2) is 71.4 Å². The van der Waals surface area contributed by atoms with Crippen LogP contribution >= 0.6 is 34.5 Å². The molecule has 4 heterocycles. The van der Waals surface area contributed by atoms with Crippen LogP contribution in [0.3, 0.4) is 0 Å². The van der Waals surface area contributed by atoms with Gasteiger partial charge in [0.1, 0.15) is 30.5 Å². The summed E-state index contributed by atoms with van der Waals surface area (Å²) in [5.41, 5.74) is 2.05. The van der Waals surface area contributed by atoms with Gasteiger partial charge in [-0.1, -0.05) is 46.6 Å². The fourth-order valence-electron chi connectivity index (χ4n) is 4.52. The molecule has 1 fully saturated rings. The Labute approximate surface area is 219 Å². The Balaban J connectivity index is 1.61. The number of amides is 1. The molecule has 0 bridgehead atoms. The monoisotopic (exact) mass is 549 g/mol. The molecule has 0 aliphatic carbocycles. The van der Waals surface area contributed by atoms with Crippen molar-refractivity contribution in [1.29, 1.82) is 0 Å². The van der Waals surface area contributed by atoms with Gasteiger partial charge in [0.2, 0.25) is 0 Å². The Hall–Kier alpha value is -2.28. The number of hydrogen-bond donors (Lipinski definition) is 2. The number of aliphatic hydroxyl groups is 1. The van der Waals surface area contributed by atoms with E-state index in [0.29, 0.717) is 38.2 Å². The molecule has 1 amide bonds. The number of carbonyl (C=O) groups excluding carboxylic acids is 1. The van der Waals surface area contributed by atoms with E-state index in [9.17, 15) is 14.1 Å². The van der Waals surface area contributed by atoms with Crippen LogP contribution in [0.5, 0.6) is 0 Å². The highest BCUT2D eigenvalue weighted by atomic mass is 32.2. The standard InChI is InChI=1S/C23H27N5O3S4/c1-5-26-12-16(19-24-14-10-8-9-11-15(14)25(19)4)35(31)23(26)34-13-17(29)27(6-2)21(34)18-20(30)28(7-3)22(32)33-18/h8-13,19,24,29H,5-7H2,1-4H3. The van der Waals surface area contributed by atoms with Crippen LogP contribution in [0.25, 0.3) is 0 Å². The minimum absolute atomic E-state index is 0.0742. The highest BCUT2D eigenvalue weighted by Gasteiger charge is 2.43. The summed E-state index contributed by atoms with van der Waals surface area (Å²) in [5, 5.41) is 16.7. The van der Waals surface area contributed by atoms with Crippen molar-refractivity contribution in [3.05, 3.63) is 56.6 Å². The molecule has 3 unspecified atom stereocenters. The van der Waals surface area contributed by atoms with Gasteiger partial charge in [-0.05, 0) is 32.9 Å². The number of hydrogen-bond acceptors (Lipinski definition) is 8. The normalized spacial score (nSPS) is 29.3. The van der Waals surface area contributed by atoms with Crippen molar-refractivity contribution in [1.82, 2.24) is 14.7 Å². The van der Waals surface area contributed by atoms with Gasteiger partial charge in [0.05, 0.1) is 21.3 Å². The van der Waals surface area contributed by atoms with Crippen LogP contribution in [0.2, 0.25) is 0 Å². The van der Waals surface area contributed by atoms with Gasteiger partial charge in [-0.3, -0.25) is 9.69 Å². The molecule has 4 aliphatic rings. The first-order valence-electron chi connectivity index (χ1n) is 11.4. The molecule has 12 heteroatoms. The molecule has 1 aromatic carbocycles. The van der Waals surface area contributed by atoms with E-state index >= 15 is 0 Å². The lowest BCUT2D eigenvalue weighted by atomic mass is 10.3. The van der Waals surface area contributed by atoms with Gasteiger partial charge in [-0.2, -0.15) is 0 Å². The van der Waals surface area contributed by atoms with Crippen molar-refractivity contribution >= 4 is 71.2 Å². The highest BCUT2D eigenvalue weighted by Crippen LogP contribution is 2.50. The van der Waals surface area contributed by atoms with Gasteiger partial charge in [0, 0.05) is 38.3 Å². The molecule has 186 valence electrons.